The van der Waals surface area contributed by atoms with Crippen molar-refractivity contribution in [1.82, 2.24) is 0 Å². The molecule has 1 fully saturated rings. The molecule has 5 heteroatoms. The summed E-state index contributed by atoms with van der Waals surface area (Å²) < 4.78 is 6.37. The van der Waals surface area contributed by atoms with Crippen LogP contribution >= 0.6 is 27.5 Å². The zero-order valence-electron chi connectivity index (χ0n) is 9.37. The molecule has 1 aromatic rings. The van der Waals surface area contributed by atoms with Crippen molar-refractivity contribution < 1.29 is 9.53 Å². The lowest BCUT2D eigenvalue weighted by atomic mass is 10.2. The van der Waals surface area contributed by atoms with Gasteiger partial charge < -0.3 is 10.1 Å². The molecular formula is C12H13BrClNO2. The van der Waals surface area contributed by atoms with Crippen LogP contribution in [-0.2, 0) is 9.53 Å². The average molecular weight is 319 g/mol. The molecule has 1 aliphatic rings. The Labute approximate surface area is 114 Å². The SMILES string of the molecule is CC1CCC(C(=O)Nc2cc(Br)ccc2Cl)O1. The molecule has 0 spiro atoms. The second-order valence-electron chi connectivity index (χ2n) is 4.13. The molecule has 2 atom stereocenters. The van der Waals surface area contributed by atoms with Crippen molar-refractivity contribution in [2.75, 3.05) is 5.32 Å². The van der Waals surface area contributed by atoms with Gasteiger partial charge in [0, 0.05) is 4.47 Å². The zero-order chi connectivity index (χ0) is 12.4. The summed E-state index contributed by atoms with van der Waals surface area (Å²) in [5.74, 6) is -0.130. The molecule has 0 bridgehead atoms. The molecule has 0 aromatic heterocycles. The molecule has 92 valence electrons. The highest BCUT2D eigenvalue weighted by Gasteiger charge is 2.28. The van der Waals surface area contributed by atoms with Crippen LogP contribution in [0.2, 0.25) is 5.02 Å². The number of carbonyl (C=O) groups is 1. The van der Waals surface area contributed by atoms with Crippen molar-refractivity contribution in [3.8, 4) is 0 Å². The van der Waals surface area contributed by atoms with Crippen molar-refractivity contribution in [3.63, 3.8) is 0 Å². The van der Waals surface area contributed by atoms with E-state index < -0.39 is 0 Å². The van der Waals surface area contributed by atoms with Gasteiger partial charge in [0.15, 0.2) is 0 Å². The molecule has 17 heavy (non-hydrogen) atoms. The second-order valence-corrected chi connectivity index (χ2v) is 5.45. The maximum absolute atomic E-state index is 11.9. The fourth-order valence-corrected chi connectivity index (χ4v) is 2.33. The average Bonchev–Trinajstić information content (AvgIpc) is 2.70. The number of carbonyl (C=O) groups excluding carboxylic acids is 1. The molecular weight excluding hydrogens is 305 g/mol. The minimum Gasteiger partial charge on any atom is -0.365 e. The number of rotatable bonds is 2. The predicted octanol–water partition coefficient (Wildman–Crippen LogP) is 3.61. The summed E-state index contributed by atoms with van der Waals surface area (Å²) in [6, 6.07) is 5.34. The van der Waals surface area contributed by atoms with Crippen LogP contribution in [0.25, 0.3) is 0 Å². The first-order chi connectivity index (χ1) is 8.06. The molecule has 2 rings (SSSR count). The first-order valence-corrected chi connectivity index (χ1v) is 6.65. The van der Waals surface area contributed by atoms with Gasteiger partial charge in [-0.3, -0.25) is 4.79 Å². The summed E-state index contributed by atoms with van der Waals surface area (Å²) in [5, 5.41) is 3.31. The quantitative estimate of drug-likeness (QED) is 0.904. The Kier molecular flexibility index (Phi) is 4.07. The molecule has 0 aliphatic carbocycles. The molecule has 1 saturated heterocycles. The van der Waals surface area contributed by atoms with E-state index in [-0.39, 0.29) is 18.1 Å². The number of hydrogen-bond acceptors (Lipinski definition) is 2. The summed E-state index contributed by atoms with van der Waals surface area (Å²) in [4.78, 5) is 11.9. The highest BCUT2D eigenvalue weighted by Crippen LogP contribution is 2.27. The fraction of sp³-hybridized carbons (Fsp3) is 0.417. The summed E-state index contributed by atoms with van der Waals surface area (Å²) in [6.07, 6.45) is 1.48. The van der Waals surface area contributed by atoms with Crippen molar-refractivity contribution in [3.05, 3.63) is 27.7 Å². The normalized spacial score (nSPS) is 23.7. The molecule has 0 saturated carbocycles. The minimum atomic E-state index is -0.361. The van der Waals surface area contributed by atoms with Crippen molar-refractivity contribution in [2.24, 2.45) is 0 Å². The number of anilines is 1. The van der Waals surface area contributed by atoms with Crippen LogP contribution in [0.15, 0.2) is 22.7 Å². The number of amides is 1. The van der Waals surface area contributed by atoms with E-state index in [1.165, 1.54) is 0 Å². The smallest absolute Gasteiger partial charge is 0.253 e. The Morgan fingerprint density at radius 2 is 2.29 bits per heavy atom. The third-order valence-electron chi connectivity index (χ3n) is 2.71. The zero-order valence-corrected chi connectivity index (χ0v) is 11.7. The summed E-state index contributed by atoms with van der Waals surface area (Å²) >= 11 is 9.34. The Hall–Kier alpha value is -0.580. The Balaban J connectivity index is 2.05. The first kappa shape index (κ1) is 12.9. The Bertz CT molecular complexity index is 439. The van der Waals surface area contributed by atoms with Crippen molar-refractivity contribution in [2.45, 2.75) is 32.0 Å². The van der Waals surface area contributed by atoms with Gasteiger partial charge in [0.25, 0.3) is 5.91 Å². The summed E-state index contributed by atoms with van der Waals surface area (Å²) in [6.45, 7) is 1.97. The van der Waals surface area contributed by atoms with Crippen LogP contribution in [0.5, 0.6) is 0 Å². The van der Waals surface area contributed by atoms with Crippen LogP contribution in [0.1, 0.15) is 19.8 Å². The van der Waals surface area contributed by atoms with Crippen molar-refractivity contribution >= 4 is 39.1 Å². The van der Waals surface area contributed by atoms with E-state index in [9.17, 15) is 4.79 Å². The lowest BCUT2D eigenvalue weighted by molar-refractivity contribution is -0.126. The van der Waals surface area contributed by atoms with Crippen LogP contribution in [-0.4, -0.2) is 18.1 Å². The highest BCUT2D eigenvalue weighted by molar-refractivity contribution is 9.10. The van der Waals surface area contributed by atoms with Crippen LogP contribution in [0.3, 0.4) is 0 Å². The standard InChI is InChI=1S/C12H13BrClNO2/c1-7-2-5-11(17-7)12(16)15-10-6-8(13)3-4-9(10)14/h3-4,6-7,11H,2,5H2,1H3,(H,15,16). The summed E-state index contributed by atoms with van der Waals surface area (Å²) in [5.41, 5.74) is 0.606. The van der Waals surface area contributed by atoms with Gasteiger partial charge in [0.2, 0.25) is 0 Å². The predicted molar refractivity (Wildman–Crippen MR) is 71.4 cm³/mol. The molecule has 0 radical (unpaired) electrons. The van der Waals surface area contributed by atoms with E-state index in [4.69, 9.17) is 16.3 Å². The highest BCUT2D eigenvalue weighted by atomic mass is 79.9. The number of nitrogens with one attached hydrogen (secondary N) is 1. The van der Waals surface area contributed by atoms with Gasteiger partial charge in [-0.1, -0.05) is 27.5 Å². The van der Waals surface area contributed by atoms with Gasteiger partial charge in [-0.15, -0.1) is 0 Å². The maximum Gasteiger partial charge on any atom is 0.253 e. The number of halogens is 2. The van der Waals surface area contributed by atoms with Gasteiger partial charge in [-0.05, 0) is 38.0 Å². The topological polar surface area (TPSA) is 38.3 Å². The van der Waals surface area contributed by atoms with E-state index >= 15 is 0 Å². The van der Waals surface area contributed by atoms with Crippen LogP contribution in [0, 0.1) is 0 Å². The van der Waals surface area contributed by atoms with Gasteiger partial charge in [-0.2, -0.15) is 0 Å². The van der Waals surface area contributed by atoms with Gasteiger partial charge in [-0.25, -0.2) is 0 Å². The number of ether oxygens (including phenoxy) is 1. The van der Waals surface area contributed by atoms with E-state index in [0.717, 1.165) is 17.3 Å². The first-order valence-electron chi connectivity index (χ1n) is 5.47. The van der Waals surface area contributed by atoms with E-state index in [1.54, 1.807) is 12.1 Å². The van der Waals surface area contributed by atoms with Crippen LogP contribution in [0.4, 0.5) is 5.69 Å². The van der Waals surface area contributed by atoms with Crippen LogP contribution < -0.4 is 5.32 Å². The monoisotopic (exact) mass is 317 g/mol. The van der Waals surface area contributed by atoms with Crippen molar-refractivity contribution in [1.29, 1.82) is 0 Å². The third kappa shape index (κ3) is 3.21. The molecule has 2 unspecified atom stereocenters. The molecule has 1 amide bonds. The molecule has 1 aromatic carbocycles. The molecule has 1 N–H and O–H groups in total. The lowest BCUT2D eigenvalue weighted by Gasteiger charge is -2.12. The largest absolute Gasteiger partial charge is 0.365 e. The minimum absolute atomic E-state index is 0.130. The number of hydrogen-bond donors (Lipinski definition) is 1. The van der Waals surface area contributed by atoms with Gasteiger partial charge in [0.05, 0.1) is 16.8 Å². The molecule has 3 nitrogen and oxygen atoms in total. The Morgan fingerprint density at radius 1 is 1.53 bits per heavy atom. The lowest BCUT2D eigenvalue weighted by Crippen LogP contribution is -2.27. The fourth-order valence-electron chi connectivity index (χ4n) is 1.80. The van der Waals surface area contributed by atoms with E-state index in [2.05, 4.69) is 21.2 Å². The second kappa shape index (κ2) is 5.38. The molecule has 1 heterocycles. The van der Waals surface area contributed by atoms with Gasteiger partial charge >= 0.3 is 0 Å². The number of benzene rings is 1. The Morgan fingerprint density at radius 3 is 2.94 bits per heavy atom. The summed E-state index contributed by atoms with van der Waals surface area (Å²) in [7, 11) is 0. The maximum atomic E-state index is 11.9. The van der Waals surface area contributed by atoms with Gasteiger partial charge in [0.1, 0.15) is 6.10 Å². The molecule has 1 aliphatic heterocycles. The van der Waals surface area contributed by atoms with E-state index in [1.807, 2.05) is 13.0 Å². The van der Waals surface area contributed by atoms with E-state index in [0.29, 0.717) is 10.7 Å². The third-order valence-corrected chi connectivity index (χ3v) is 3.53.